The SMILES string of the molecule is N#Cc1cc(C(=O)OCc2ccccc2)ccc1OCc1ccccc1. The molecular weight excluding hydrogens is 326 g/mol. The molecule has 0 amide bonds. The maximum Gasteiger partial charge on any atom is 0.338 e. The summed E-state index contributed by atoms with van der Waals surface area (Å²) in [6.45, 7) is 0.543. The minimum atomic E-state index is -0.472. The van der Waals surface area contributed by atoms with Crippen molar-refractivity contribution in [3.8, 4) is 11.8 Å². The maximum atomic E-state index is 12.2. The lowest BCUT2D eigenvalue weighted by molar-refractivity contribution is 0.0472. The summed E-state index contributed by atoms with van der Waals surface area (Å²) in [5.74, 6) is -0.0316. The first-order chi connectivity index (χ1) is 12.8. The number of carbonyl (C=O) groups excluding carboxylic acids is 1. The van der Waals surface area contributed by atoms with Gasteiger partial charge in [-0.15, -0.1) is 0 Å². The Morgan fingerprint density at radius 1 is 0.846 bits per heavy atom. The molecule has 4 heteroatoms. The molecule has 3 aromatic carbocycles. The molecular formula is C22H17NO3. The van der Waals surface area contributed by atoms with Crippen LogP contribution in [0.25, 0.3) is 0 Å². The van der Waals surface area contributed by atoms with Gasteiger partial charge in [-0.1, -0.05) is 60.7 Å². The summed E-state index contributed by atoms with van der Waals surface area (Å²) in [4.78, 5) is 12.2. The molecule has 0 heterocycles. The highest BCUT2D eigenvalue weighted by molar-refractivity contribution is 5.90. The van der Waals surface area contributed by atoms with E-state index in [0.29, 0.717) is 23.5 Å². The normalized spacial score (nSPS) is 9.96. The van der Waals surface area contributed by atoms with Crippen molar-refractivity contribution in [1.82, 2.24) is 0 Å². The molecule has 0 atom stereocenters. The summed E-state index contributed by atoms with van der Waals surface area (Å²) in [5, 5.41) is 9.35. The molecule has 128 valence electrons. The van der Waals surface area contributed by atoms with Crippen molar-refractivity contribution in [2.45, 2.75) is 13.2 Å². The van der Waals surface area contributed by atoms with Crippen molar-refractivity contribution >= 4 is 5.97 Å². The highest BCUT2D eigenvalue weighted by atomic mass is 16.5. The monoisotopic (exact) mass is 343 g/mol. The molecule has 0 radical (unpaired) electrons. The van der Waals surface area contributed by atoms with Crippen LogP contribution >= 0.6 is 0 Å². The van der Waals surface area contributed by atoms with Crippen LogP contribution in [0.2, 0.25) is 0 Å². The van der Waals surface area contributed by atoms with Crippen molar-refractivity contribution in [2.75, 3.05) is 0 Å². The molecule has 0 fully saturated rings. The minimum absolute atomic E-state index is 0.188. The van der Waals surface area contributed by atoms with Gasteiger partial charge in [0.15, 0.2) is 0 Å². The zero-order chi connectivity index (χ0) is 18.2. The van der Waals surface area contributed by atoms with Crippen molar-refractivity contribution in [3.05, 3.63) is 101 Å². The molecule has 0 aliphatic rings. The molecule has 0 bridgehead atoms. The first-order valence-electron chi connectivity index (χ1n) is 8.18. The van der Waals surface area contributed by atoms with Gasteiger partial charge in [0.1, 0.15) is 25.0 Å². The van der Waals surface area contributed by atoms with Crippen LogP contribution in [0.15, 0.2) is 78.9 Å². The number of esters is 1. The van der Waals surface area contributed by atoms with Crippen LogP contribution in [0.5, 0.6) is 5.75 Å². The summed E-state index contributed by atoms with van der Waals surface area (Å²) in [7, 11) is 0. The standard InChI is InChI=1S/C22H17NO3/c23-14-20-13-19(22(24)26-16-18-9-5-2-6-10-18)11-12-21(20)25-15-17-7-3-1-4-8-17/h1-13H,15-16H2. The van der Waals surface area contributed by atoms with Crippen molar-refractivity contribution in [2.24, 2.45) is 0 Å². The lowest BCUT2D eigenvalue weighted by Crippen LogP contribution is -2.06. The average molecular weight is 343 g/mol. The molecule has 3 aromatic rings. The number of nitriles is 1. The predicted molar refractivity (Wildman–Crippen MR) is 97.5 cm³/mol. The molecule has 0 aliphatic heterocycles. The van der Waals surface area contributed by atoms with E-state index in [4.69, 9.17) is 9.47 Å². The third kappa shape index (κ3) is 4.49. The predicted octanol–water partition coefficient (Wildman–Crippen LogP) is 4.49. The molecule has 0 aliphatic carbocycles. The lowest BCUT2D eigenvalue weighted by atomic mass is 10.1. The van der Waals surface area contributed by atoms with E-state index in [1.165, 1.54) is 6.07 Å². The zero-order valence-corrected chi connectivity index (χ0v) is 14.1. The molecule has 0 aromatic heterocycles. The minimum Gasteiger partial charge on any atom is -0.488 e. The van der Waals surface area contributed by atoms with Crippen LogP contribution in [0.1, 0.15) is 27.0 Å². The number of hydrogen-bond acceptors (Lipinski definition) is 4. The quantitative estimate of drug-likeness (QED) is 0.619. The fourth-order valence-corrected chi connectivity index (χ4v) is 2.41. The Morgan fingerprint density at radius 3 is 2.08 bits per heavy atom. The number of ether oxygens (including phenoxy) is 2. The van der Waals surface area contributed by atoms with E-state index in [2.05, 4.69) is 6.07 Å². The van der Waals surface area contributed by atoms with E-state index in [9.17, 15) is 10.1 Å². The second kappa shape index (κ2) is 8.50. The summed E-state index contributed by atoms with van der Waals surface area (Å²) in [6.07, 6.45) is 0. The highest BCUT2D eigenvalue weighted by Gasteiger charge is 2.12. The van der Waals surface area contributed by atoms with Crippen LogP contribution < -0.4 is 4.74 Å². The summed E-state index contributed by atoms with van der Waals surface area (Å²) in [5.41, 5.74) is 2.53. The Labute approximate surface area is 152 Å². The van der Waals surface area contributed by atoms with Gasteiger partial charge in [0.25, 0.3) is 0 Å². The molecule has 26 heavy (non-hydrogen) atoms. The maximum absolute atomic E-state index is 12.2. The number of benzene rings is 3. The second-order valence-corrected chi connectivity index (χ2v) is 5.66. The largest absolute Gasteiger partial charge is 0.488 e. The first kappa shape index (κ1) is 17.2. The Balaban J connectivity index is 1.66. The summed E-state index contributed by atoms with van der Waals surface area (Å²) >= 11 is 0. The van der Waals surface area contributed by atoms with Gasteiger partial charge in [-0.25, -0.2) is 4.79 Å². The van der Waals surface area contributed by atoms with Crippen LogP contribution in [0.3, 0.4) is 0 Å². The topological polar surface area (TPSA) is 59.3 Å². The molecule has 0 spiro atoms. The lowest BCUT2D eigenvalue weighted by Gasteiger charge is -2.10. The average Bonchev–Trinajstić information content (AvgIpc) is 2.72. The Kier molecular flexibility index (Phi) is 5.64. The molecule has 3 rings (SSSR count). The van der Waals surface area contributed by atoms with Gasteiger partial charge in [0.2, 0.25) is 0 Å². The first-order valence-corrected chi connectivity index (χ1v) is 8.18. The smallest absolute Gasteiger partial charge is 0.338 e. The van der Waals surface area contributed by atoms with Crippen molar-refractivity contribution in [1.29, 1.82) is 5.26 Å². The fraction of sp³-hybridized carbons (Fsp3) is 0.0909. The second-order valence-electron chi connectivity index (χ2n) is 5.66. The molecule has 0 saturated heterocycles. The van der Waals surface area contributed by atoms with E-state index in [0.717, 1.165) is 11.1 Å². The summed E-state index contributed by atoms with van der Waals surface area (Å²) < 4.78 is 11.0. The Bertz CT molecular complexity index is 915. The number of rotatable bonds is 6. The van der Waals surface area contributed by atoms with Crippen LogP contribution in [-0.4, -0.2) is 5.97 Å². The highest BCUT2D eigenvalue weighted by Crippen LogP contribution is 2.21. The third-order valence-corrected chi connectivity index (χ3v) is 3.79. The number of nitrogens with zero attached hydrogens (tertiary/aromatic N) is 1. The van der Waals surface area contributed by atoms with Gasteiger partial charge in [-0.3, -0.25) is 0 Å². The number of carbonyl (C=O) groups is 1. The van der Waals surface area contributed by atoms with Crippen LogP contribution in [0.4, 0.5) is 0 Å². The van der Waals surface area contributed by atoms with Crippen LogP contribution in [-0.2, 0) is 18.0 Å². The molecule has 4 nitrogen and oxygen atoms in total. The molecule has 0 saturated carbocycles. The van der Waals surface area contributed by atoms with Gasteiger partial charge in [0, 0.05) is 0 Å². The Morgan fingerprint density at radius 2 is 1.46 bits per heavy atom. The van der Waals surface area contributed by atoms with Crippen molar-refractivity contribution in [3.63, 3.8) is 0 Å². The van der Waals surface area contributed by atoms with E-state index >= 15 is 0 Å². The fourth-order valence-electron chi connectivity index (χ4n) is 2.41. The van der Waals surface area contributed by atoms with Gasteiger partial charge in [-0.05, 0) is 29.3 Å². The number of hydrogen-bond donors (Lipinski definition) is 0. The van der Waals surface area contributed by atoms with E-state index < -0.39 is 5.97 Å². The summed E-state index contributed by atoms with van der Waals surface area (Å²) in [6, 6.07) is 25.9. The van der Waals surface area contributed by atoms with Gasteiger partial charge >= 0.3 is 5.97 Å². The zero-order valence-electron chi connectivity index (χ0n) is 14.1. The van der Waals surface area contributed by atoms with E-state index in [-0.39, 0.29) is 6.61 Å². The molecule has 0 N–H and O–H groups in total. The van der Waals surface area contributed by atoms with Crippen molar-refractivity contribution < 1.29 is 14.3 Å². The van der Waals surface area contributed by atoms with Gasteiger partial charge < -0.3 is 9.47 Å². The van der Waals surface area contributed by atoms with E-state index in [1.807, 2.05) is 60.7 Å². The Hall–Kier alpha value is -3.58. The third-order valence-electron chi connectivity index (χ3n) is 3.79. The molecule has 0 unspecified atom stereocenters. The van der Waals surface area contributed by atoms with Gasteiger partial charge in [-0.2, -0.15) is 5.26 Å². The van der Waals surface area contributed by atoms with Gasteiger partial charge in [0.05, 0.1) is 11.1 Å². The van der Waals surface area contributed by atoms with E-state index in [1.54, 1.807) is 12.1 Å². The van der Waals surface area contributed by atoms with Crippen LogP contribution in [0, 0.1) is 11.3 Å².